The number of rotatable bonds is 5. The van der Waals surface area contributed by atoms with Crippen molar-refractivity contribution in [3.05, 3.63) is 0 Å². The van der Waals surface area contributed by atoms with E-state index in [9.17, 15) is 4.79 Å². The predicted octanol–water partition coefficient (Wildman–Crippen LogP) is -0.0739. The quantitative estimate of drug-likeness (QED) is 0.444. The molecule has 0 saturated heterocycles. The van der Waals surface area contributed by atoms with Crippen molar-refractivity contribution in [1.29, 1.82) is 0 Å². The summed E-state index contributed by atoms with van der Waals surface area (Å²) in [7, 11) is 0. The Bertz CT molecular complexity index is 97.0. The number of aliphatic hydroxyl groups is 2. The normalized spacial score (nSPS) is 16.3. The van der Waals surface area contributed by atoms with Gasteiger partial charge in [-0.25, -0.2) is 0 Å². The summed E-state index contributed by atoms with van der Waals surface area (Å²) in [5.74, 6) is 0.0932. The first-order valence-electron chi connectivity index (χ1n) is 3.06. The SMILES string of the molecule is O=CCC(O)CC(O)CCl. The van der Waals surface area contributed by atoms with Gasteiger partial charge in [-0.1, -0.05) is 0 Å². The van der Waals surface area contributed by atoms with E-state index in [1.165, 1.54) is 0 Å². The largest absolute Gasteiger partial charge is 0.393 e. The highest BCUT2D eigenvalue weighted by Gasteiger charge is 2.09. The van der Waals surface area contributed by atoms with Crippen molar-refractivity contribution in [2.45, 2.75) is 25.0 Å². The second kappa shape index (κ2) is 5.65. The molecular formula is C6H11ClO3. The first-order chi connectivity index (χ1) is 4.70. The summed E-state index contributed by atoms with van der Waals surface area (Å²) in [6.07, 6.45) is -0.621. The number of alkyl halides is 1. The van der Waals surface area contributed by atoms with Crippen molar-refractivity contribution in [2.75, 3.05) is 5.88 Å². The van der Waals surface area contributed by atoms with Crippen molar-refractivity contribution in [3.63, 3.8) is 0 Å². The molecule has 0 aliphatic heterocycles. The lowest BCUT2D eigenvalue weighted by molar-refractivity contribution is -0.109. The van der Waals surface area contributed by atoms with Gasteiger partial charge in [-0.3, -0.25) is 0 Å². The maximum atomic E-state index is 9.81. The summed E-state index contributed by atoms with van der Waals surface area (Å²) in [5.41, 5.74) is 0. The van der Waals surface area contributed by atoms with Gasteiger partial charge in [0.1, 0.15) is 6.29 Å². The van der Waals surface area contributed by atoms with Gasteiger partial charge in [0.25, 0.3) is 0 Å². The van der Waals surface area contributed by atoms with Crippen LogP contribution in [0, 0.1) is 0 Å². The van der Waals surface area contributed by atoms with E-state index in [2.05, 4.69) is 0 Å². The van der Waals surface area contributed by atoms with Crippen LogP contribution in [0.2, 0.25) is 0 Å². The molecule has 0 amide bonds. The summed E-state index contributed by atoms with van der Waals surface area (Å²) >= 11 is 5.25. The standard InChI is InChI=1S/C6H11ClO3/c7-4-6(10)3-5(9)1-2-8/h2,5-6,9-10H,1,3-4H2. The fraction of sp³-hybridized carbons (Fsp3) is 0.833. The number of hydrogen-bond donors (Lipinski definition) is 2. The van der Waals surface area contributed by atoms with E-state index < -0.39 is 12.2 Å². The zero-order valence-electron chi connectivity index (χ0n) is 5.53. The second-order valence-electron chi connectivity index (χ2n) is 2.10. The average Bonchev–Trinajstić information content (AvgIpc) is 1.88. The lowest BCUT2D eigenvalue weighted by atomic mass is 10.1. The van der Waals surface area contributed by atoms with E-state index >= 15 is 0 Å². The summed E-state index contributed by atoms with van der Waals surface area (Å²) in [6, 6.07) is 0. The minimum atomic E-state index is -0.758. The average molecular weight is 167 g/mol. The molecule has 2 N–H and O–H groups in total. The van der Waals surface area contributed by atoms with Gasteiger partial charge in [0, 0.05) is 18.7 Å². The Morgan fingerprint density at radius 3 is 2.40 bits per heavy atom. The maximum absolute atomic E-state index is 9.81. The Labute approximate surface area is 64.6 Å². The highest BCUT2D eigenvalue weighted by molar-refractivity contribution is 6.18. The van der Waals surface area contributed by atoms with Crippen LogP contribution in [0.3, 0.4) is 0 Å². The fourth-order valence-electron chi connectivity index (χ4n) is 0.584. The van der Waals surface area contributed by atoms with Crippen LogP contribution < -0.4 is 0 Å². The molecule has 0 aromatic heterocycles. The van der Waals surface area contributed by atoms with Gasteiger partial charge in [0.15, 0.2) is 0 Å². The lowest BCUT2D eigenvalue weighted by Gasteiger charge is -2.09. The highest BCUT2D eigenvalue weighted by Crippen LogP contribution is 2.01. The third kappa shape index (κ3) is 4.73. The first-order valence-corrected chi connectivity index (χ1v) is 3.60. The molecule has 0 aliphatic carbocycles. The van der Waals surface area contributed by atoms with E-state index in [1.54, 1.807) is 0 Å². The molecule has 2 unspecified atom stereocenters. The summed E-state index contributed by atoms with van der Waals surface area (Å²) in [5, 5.41) is 17.7. The van der Waals surface area contributed by atoms with Crippen molar-refractivity contribution in [2.24, 2.45) is 0 Å². The molecule has 0 bridgehead atoms. The molecule has 0 aromatic rings. The Morgan fingerprint density at radius 1 is 1.40 bits per heavy atom. The fourth-order valence-corrected chi connectivity index (χ4v) is 0.710. The summed E-state index contributed by atoms with van der Waals surface area (Å²) < 4.78 is 0. The summed E-state index contributed by atoms with van der Waals surface area (Å²) in [4.78, 5) is 9.81. The smallest absolute Gasteiger partial charge is 0.122 e. The monoisotopic (exact) mass is 166 g/mol. The van der Waals surface area contributed by atoms with Crippen molar-refractivity contribution < 1.29 is 15.0 Å². The van der Waals surface area contributed by atoms with Crippen molar-refractivity contribution in [3.8, 4) is 0 Å². The Balaban J connectivity index is 3.35. The van der Waals surface area contributed by atoms with Crippen LogP contribution in [-0.2, 0) is 4.79 Å². The topological polar surface area (TPSA) is 57.5 Å². The third-order valence-corrected chi connectivity index (χ3v) is 1.45. The van der Waals surface area contributed by atoms with E-state index in [0.29, 0.717) is 6.29 Å². The molecule has 60 valence electrons. The van der Waals surface area contributed by atoms with Gasteiger partial charge >= 0.3 is 0 Å². The van der Waals surface area contributed by atoms with Gasteiger partial charge in [0.05, 0.1) is 12.2 Å². The molecule has 2 atom stereocenters. The number of hydrogen-bond acceptors (Lipinski definition) is 3. The third-order valence-electron chi connectivity index (χ3n) is 1.09. The number of halogens is 1. The number of carbonyl (C=O) groups excluding carboxylic acids is 1. The Kier molecular flexibility index (Phi) is 5.58. The Morgan fingerprint density at radius 2 is 2.00 bits per heavy atom. The number of carbonyl (C=O) groups is 1. The summed E-state index contributed by atoms with van der Waals surface area (Å²) in [6.45, 7) is 0. The van der Waals surface area contributed by atoms with Crippen LogP contribution in [0.15, 0.2) is 0 Å². The molecule has 0 spiro atoms. The lowest BCUT2D eigenvalue weighted by Crippen LogP contribution is -2.18. The molecular weight excluding hydrogens is 156 g/mol. The molecule has 0 heterocycles. The molecule has 0 rings (SSSR count). The van der Waals surface area contributed by atoms with E-state index in [4.69, 9.17) is 21.8 Å². The number of aldehydes is 1. The van der Waals surface area contributed by atoms with Crippen molar-refractivity contribution in [1.82, 2.24) is 0 Å². The van der Waals surface area contributed by atoms with E-state index in [1.807, 2.05) is 0 Å². The van der Waals surface area contributed by atoms with Crippen LogP contribution in [0.25, 0.3) is 0 Å². The molecule has 0 radical (unpaired) electrons. The zero-order chi connectivity index (χ0) is 7.98. The molecule has 4 heteroatoms. The van der Waals surface area contributed by atoms with Gasteiger partial charge in [0.2, 0.25) is 0 Å². The van der Waals surface area contributed by atoms with Crippen LogP contribution in [0.4, 0.5) is 0 Å². The van der Waals surface area contributed by atoms with Crippen LogP contribution in [0.1, 0.15) is 12.8 Å². The first kappa shape index (κ1) is 9.88. The minimum Gasteiger partial charge on any atom is -0.393 e. The minimum absolute atomic E-state index is 0.0634. The molecule has 10 heavy (non-hydrogen) atoms. The van der Waals surface area contributed by atoms with Gasteiger partial charge in [-0.2, -0.15) is 0 Å². The molecule has 0 fully saturated rings. The molecule has 0 aromatic carbocycles. The van der Waals surface area contributed by atoms with Crippen LogP contribution >= 0.6 is 11.6 Å². The van der Waals surface area contributed by atoms with E-state index in [0.717, 1.165) is 0 Å². The maximum Gasteiger partial charge on any atom is 0.122 e. The van der Waals surface area contributed by atoms with Crippen LogP contribution in [-0.4, -0.2) is 34.6 Å². The molecule has 0 aliphatic rings. The van der Waals surface area contributed by atoms with E-state index in [-0.39, 0.29) is 18.7 Å². The molecule has 0 saturated carbocycles. The Hall–Kier alpha value is -0.120. The van der Waals surface area contributed by atoms with Crippen molar-refractivity contribution >= 4 is 17.9 Å². The van der Waals surface area contributed by atoms with Crippen LogP contribution in [0.5, 0.6) is 0 Å². The predicted molar refractivity (Wildman–Crippen MR) is 38.0 cm³/mol. The van der Waals surface area contributed by atoms with Gasteiger partial charge in [-0.05, 0) is 0 Å². The zero-order valence-corrected chi connectivity index (χ0v) is 6.29. The second-order valence-corrected chi connectivity index (χ2v) is 2.41. The number of aliphatic hydroxyl groups excluding tert-OH is 2. The molecule has 3 nitrogen and oxygen atoms in total. The van der Waals surface area contributed by atoms with Gasteiger partial charge < -0.3 is 15.0 Å². The highest BCUT2D eigenvalue weighted by atomic mass is 35.5. The van der Waals surface area contributed by atoms with Gasteiger partial charge in [-0.15, -0.1) is 11.6 Å².